The topological polar surface area (TPSA) is 49.6 Å². The fourth-order valence-electron chi connectivity index (χ4n) is 2.31. The van der Waals surface area contributed by atoms with Crippen molar-refractivity contribution in [2.45, 2.75) is 12.2 Å². The Kier molecular flexibility index (Phi) is 3.95. The third kappa shape index (κ3) is 3.00. The lowest BCUT2D eigenvalue weighted by Gasteiger charge is -2.26. The van der Waals surface area contributed by atoms with Gasteiger partial charge in [-0.2, -0.15) is 13.2 Å². The largest absolute Gasteiger partial charge is 0.663 e. The standard InChI is InChI=1S/C16H10ClF3N3/c17-12-5-1-3-9-7-11(15(21)16(18,19)20)13(23-14(9)12)10-4-2-6-22-8-10/h1-8,15,21H/q-1/t15-/m0/s1. The SMILES string of the molecule is [NH-][C@@H](c1cc2cccc(Cl)c2nc1-c1cccnc1)C(F)(F)F. The van der Waals surface area contributed by atoms with Crippen LogP contribution in [0.25, 0.3) is 27.9 Å². The number of aromatic nitrogens is 2. The molecule has 7 heteroatoms. The van der Waals surface area contributed by atoms with E-state index in [0.717, 1.165) is 0 Å². The monoisotopic (exact) mass is 336 g/mol. The molecule has 0 aliphatic heterocycles. The number of hydrogen-bond donors (Lipinski definition) is 0. The van der Waals surface area contributed by atoms with Crippen molar-refractivity contribution in [3.05, 3.63) is 65.1 Å². The average Bonchev–Trinajstić information content (AvgIpc) is 2.53. The fraction of sp³-hybridized carbons (Fsp3) is 0.125. The van der Waals surface area contributed by atoms with Crippen LogP contribution in [0.4, 0.5) is 13.2 Å². The van der Waals surface area contributed by atoms with Gasteiger partial charge in [0.25, 0.3) is 0 Å². The lowest BCUT2D eigenvalue weighted by molar-refractivity contribution is -0.139. The first kappa shape index (κ1) is 15.7. The minimum Gasteiger partial charge on any atom is -0.663 e. The van der Waals surface area contributed by atoms with E-state index >= 15 is 0 Å². The lowest BCUT2D eigenvalue weighted by atomic mass is 9.98. The van der Waals surface area contributed by atoms with Crippen LogP contribution in [-0.4, -0.2) is 16.1 Å². The lowest BCUT2D eigenvalue weighted by Crippen LogP contribution is -2.18. The van der Waals surface area contributed by atoms with E-state index in [2.05, 4.69) is 9.97 Å². The molecule has 1 aromatic carbocycles. The maximum absolute atomic E-state index is 13.1. The summed E-state index contributed by atoms with van der Waals surface area (Å²) >= 11 is 6.09. The van der Waals surface area contributed by atoms with Gasteiger partial charge in [0.2, 0.25) is 0 Å². The van der Waals surface area contributed by atoms with Crippen LogP contribution in [0, 0.1) is 0 Å². The number of pyridine rings is 2. The summed E-state index contributed by atoms with van der Waals surface area (Å²) < 4.78 is 39.2. The number of nitrogens with zero attached hydrogens (tertiary/aromatic N) is 2. The van der Waals surface area contributed by atoms with E-state index in [-0.39, 0.29) is 11.3 Å². The Bertz CT molecular complexity index is 850. The van der Waals surface area contributed by atoms with E-state index in [9.17, 15) is 13.2 Å². The zero-order valence-electron chi connectivity index (χ0n) is 11.6. The van der Waals surface area contributed by atoms with Gasteiger partial charge in [0.05, 0.1) is 16.2 Å². The van der Waals surface area contributed by atoms with E-state index in [1.807, 2.05) is 0 Å². The average molecular weight is 337 g/mol. The molecule has 0 aliphatic rings. The Morgan fingerprint density at radius 1 is 1.13 bits per heavy atom. The quantitative estimate of drug-likeness (QED) is 0.611. The summed E-state index contributed by atoms with van der Waals surface area (Å²) in [5, 5.41) is 0.800. The van der Waals surface area contributed by atoms with Crippen LogP contribution >= 0.6 is 11.6 Å². The summed E-state index contributed by atoms with van der Waals surface area (Å²) in [6.07, 6.45) is -1.76. The number of alkyl halides is 3. The number of fused-ring (bicyclic) bond motifs is 1. The Labute approximate surface area is 134 Å². The molecule has 2 aromatic heterocycles. The molecule has 118 valence electrons. The summed E-state index contributed by atoms with van der Waals surface area (Å²) in [5.74, 6) is 0. The molecule has 0 unspecified atom stereocenters. The molecule has 3 nitrogen and oxygen atoms in total. The molecular weight excluding hydrogens is 327 g/mol. The van der Waals surface area contributed by atoms with Gasteiger partial charge >= 0.3 is 6.18 Å². The molecule has 0 saturated carbocycles. The van der Waals surface area contributed by atoms with Crippen LogP contribution in [0.5, 0.6) is 0 Å². The molecule has 3 aromatic rings. The number of rotatable bonds is 2. The molecule has 0 spiro atoms. The Balaban J connectivity index is 2.32. The van der Waals surface area contributed by atoms with Crippen molar-refractivity contribution in [1.29, 1.82) is 0 Å². The van der Waals surface area contributed by atoms with Gasteiger partial charge in [-0.3, -0.25) is 4.98 Å². The molecule has 3 rings (SSSR count). The zero-order valence-corrected chi connectivity index (χ0v) is 12.4. The second-order valence-electron chi connectivity index (χ2n) is 4.95. The Morgan fingerprint density at radius 2 is 1.91 bits per heavy atom. The summed E-state index contributed by atoms with van der Waals surface area (Å²) in [5.41, 5.74) is 8.21. The number of nitrogens with one attached hydrogen (secondary N) is 1. The van der Waals surface area contributed by atoms with Crippen molar-refractivity contribution in [2.75, 3.05) is 0 Å². The van der Waals surface area contributed by atoms with Crippen LogP contribution in [0.2, 0.25) is 5.02 Å². The predicted molar refractivity (Wildman–Crippen MR) is 83.1 cm³/mol. The molecule has 0 bridgehead atoms. The van der Waals surface area contributed by atoms with Gasteiger partial charge in [0.1, 0.15) is 0 Å². The van der Waals surface area contributed by atoms with Gasteiger partial charge < -0.3 is 5.73 Å². The summed E-state index contributed by atoms with van der Waals surface area (Å²) in [6.45, 7) is 0. The molecule has 0 fully saturated rings. The normalized spacial score (nSPS) is 13.3. The number of halogens is 4. The van der Waals surface area contributed by atoms with Crippen LogP contribution in [-0.2, 0) is 0 Å². The molecule has 23 heavy (non-hydrogen) atoms. The molecule has 0 aliphatic carbocycles. The first-order chi connectivity index (χ1) is 10.9. The van der Waals surface area contributed by atoms with Crippen molar-refractivity contribution >= 4 is 22.5 Å². The van der Waals surface area contributed by atoms with Gasteiger partial charge in [-0.05, 0) is 35.9 Å². The van der Waals surface area contributed by atoms with Gasteiger partial charge in [-0.1, -0.05) is 23.7 Å². The van der Waals surface area contributed by atoms with E-state index in [1.54, 1.807) is 30.3 Å². The molecule has 0 saturated heterocycles. The maximum atomic E-state index is 13.1. The predicted octanol–water partition coefficient (Wildman–Crippen LogP) is 5.61. The zero-order chi connectivity index (χ0) is 16.6. The second-order valence-corrected chi connectivity index (χ2v) is 5.36. The van der Waals surface area contributed by atoms with Crippen LogP contribution in [0.3, 0.4) is 0 Å². The second kappa shape index (κ2) is 5.79. The maximum Gasteiger partial charge on any atom is 0.377 e. The number of hydrogen-bond acceptors (Lipinski definition) is 2. The van der Waals surface area contributed by atoms with E-state index in [4.69, 9.17) is 17.3 Å². The van der Waals surface area contributed by atoms with E-state index in [1.165, 1.54) is 18.5 Å². The van der Waals surface area contributed by atoms with Gasteiger partial charge in [-0.15, -0.1) is 0 Å². The third-order valence-electron chi connectivity index (χ3n) is 3.40. The molecule has 1 atom stereocenters. The Morgan fingerprint density at radius 3 is 2.57 bits per heavy atom. The molecule has 0 amide bonds. The molecule has 1 N–H and O–H groups in total. The van der Waals surface area contributed by atoms with Crippen LogP contribution in [0.15, 0.2) is 48.8 Å². The summed E-state index contributed by atoms with van der Waals surface area (Å²) in [4.78, 5) is 8.20. The van der Waals surface area contributed by atoms with Crippen molar-refractivity contribution in [2.24, 2.45) is 0 Å². The van der Waals surface area contributed by atoms with Crippen LogP contribution in [0.1, 0.15) is 11.6 Å². The highest BCUT2D eigenvalue weighted by Crippen LogP contribution is 2.40. The first-order valence-corrected chi connectivity index (χ1v) is 7.03. The highest BCUT2D eigenvalue weighted by Gasteiger charge is 2.34. The van der Waals surface area contributed by atoms with Crippen molar-refractivity contribution < 1.29 is 13.2 Å². The molecule has 2 heterocycles. The van der Waals surface area contributed by atoms with Crippen molar-refractivity contribution in [1.82, 2.24) is 9.97 Å². The van der Waals surface area contributed by atoms with Gasteiger partial charge in [0.15, 0.2) is 0 Å². The molecular formula is C16H10ClF3N3-. The smallest absolute Gasteiger partial charge is 0.377 e. The van der Waals surface area contributed by atoms with E-state index in [0.29, 0.717) is 21.5 Å². The Hall–Kier alpha value is -2.18. The van der Waals surface area contributed by atoms with E-state index < -0.39 is 12.2 Å². The van der Waals surface area contributed by atoms with Gasteiger partial charge in [0, 0.05) is 23.3 Å². The summed E-state index contributed by atoms with van der Waals surface area (Å²) in [6, 6.07) is 7.00. The highest BCUT2D eigenvalue weighted by atomic mass is 35.5. The van der Waals surface area contributed by atoms with Crippen LogP contribution < -0.4 is 0 Å². The van der Waals surface area contributed by atoms with Crippen molar-refractivity contribution in [3.63, 3.8) is 0 Å². The fourth-order valence-corrected chi connectivity index (χ4v) is 2.53. The number of para-hydroxylation sites is 1. The number of benzene rings is 1. The molecule has 0 radical (unpaired) electrons. The first-order valence-electron chi connectivity index (χ1n) is 6.65. The van der Waals surface area contributed by atoms with Gasteiger partial charge in [-0.25, -0.2) is 4.98 Å². The highest BCUT2D eigenvalue weighted by molar-refractivity contribution is 6.35. The minimum absolute atomic E-state index is 0.0658. The minimum atomic E-state index is -4.69. The third-order valence-corrected chi connectivity index (χ3v) is 3.70. The summed E-state index contributed by atoms with van der Waals surface area (Å²) in [7, 11) is 0. The van der Waals surface area contributed by atoms with Crippen molar-refractivity contribution in [3.8, 4) is 11.3 Å².